The number of fused-ring (bicyclic) bond motifs is 1. The van der Waals surface area contributed by atoms with E-state index in [1.165, 1.54) is 23.5 Å². The second-order valence-corrected chi connectivity index (χ2v) is 8.39. The van der Waals surface area contributed by atoms with E-state index in [-0.39, 0.29) is 5.82 Å². The highest BCUT2D eigenvalue weighted by molar-refractivity contribution is 7.91. The molecule has 0 radical (unpaired) electrons. The predicted octanol–water partition coefficient (Wildman–Crippen LogP) is 3.45. The molecule has 0 aliphatic heterocycles. The third-order valence-electron chi connectivity index (χ3n) is 3.67. The third kappa shape index (κ3) is 3.46. The maximum Gasteiger partial charge on any atom is 0.250 e. The van der Waals surface area contributed by atoms with E-state index in [1.807, 2.05) is 13.0 Å². The average Bonchev–Trinajstić information content (AvgIpc) is 3.14. The summed E-state index contributed by atoms with van der Waals surface area (Å²) < 4.78 is 40.6. The molecule has 2 aromatic heterocycles. The molecule has 2 N–H and O–H groups in total. The number of aromatic amines is 1. The Kier molecular flexibility index (Phi) is 4.52. The Morgan fingerprint density at radius 3 is 2.83 bits per heavy atom. The Morgan fingerprint density at radius 2 is 2.09 bits per heavy atom. The molecule has 0 saturated heterocycles. The first-order chi connectivity index (χ1) is 11.0. The summed E-state index contributed by atoms with van der Waals surface area (Å²) in [6.45, 7) is 2.29. The van der Waals surface area contributed by atoms with Crippen molar-refractivity contribution in [2.45, 2.75) is 24.0 Å². The van der Waals surface area contributed by atoms with E-state index in [1.54, 1.807) is 18.3 Å². The van der Waals surface area contributed by atoms with Gasteiger partial charge < -0.3 is 4.98 Å². The van der Waals surface area contributed by atoms with Gasteiger partial charge in [0, 0.05) is 28.5 Å². The molecule has 1 aromatic carbocycles. The summed E-state index contributed by atoms with van der Waals surface area (Å²) in [5.74, 6) is -0.295. The van der Waals surface area contributed by atoms with Crippen molar-refractivity contribution in [3.63, 3.8) is 0 Å². The number of thiophene rings is 1. The smallest absolute Gasteiger partial charge is 0.250 e. The quantitative estimate of drug-likeness (QED) is 0.714. The lowest BCUT2D eigenvalue weighted by molar-refractivity contribution is 0.584. The fraction of sp³-hybridized carbons (Fsp3) is 0.250. The summed E-state index contributed by atoms with van der Waals surface area (Å²) in [6.07, 6.45) is 3.15. The Bertz CT molecular complexity index is 929. The van der Waals surface area contributed by atoms with Crippen LogP contribution in [0.4, 0.5) is 4.39 Å². The molecule has 0 atom stereocenters. The molecule has 0 unspecified atom stereocenters. The Labute approximate surface area is 138 Å². The fourth-order valence-corrected chi connectivity index (χ4v) is 4.82. The minimum Gasteiger partial charge on any atom is -0.361 e. The second-order valence-electron chi connectivity index (χ2n) is 5.23. The molecule has 0 bridgehead atoms. The van der Waals surface area contributed by atoms with E-state index in [2.05, 4.69) is 9.71 Å². The molecule has 7 heteroatoms. The SMILES string of the molecule is CCc1ccc(S(=O)(=O)NCCc2c[nH]c3cc(F)ccc23)s1. The number of benzene rings is 1. The van der Waals surface area contributed by atoms with Crippen LogP contribution >= 0.6 is 11.3 Å². The monoisotopic (exact) mass is 352 g/mol. The molecule has 4 nitrogen and oxygen atoms in total. The fourth-order valence-electron chi connectivity index (χ4n) is 2.45. The molecule has 0 aliphatic rings. The van der Waals surface area contributed by atoms with Gasteiger partial charge in [0.15, 0.2) is 0 Å². The van der Waals surface area contributed by atoms with E-state index in [0.717, 1.165) is 22.2 Å². The summed E-state index contributed by atoms with van der Waals surface area (Å²) >= 11 is 1.29. The summed E-state index contributed by atoms with van der Waals surface area (Å²) in [5.41, 5.74) is 1.68. The molecule has 0 saturated carbocycles. The van der Waals surface area contributed by atoms with Gasteiger partial charge in [0.25, 0.3) is 0 Å². The van der Waals surface area contributed by atoms with Crippen molar-refractivity contribution in [3.8, 4) is 0 Å². The first-order valence-corrected chi connectivity index (χ1v) is 9.63. The molecule has 0 amide bonds. The summed E-state index contributed by atoms with van der Waals surface area (Å²) in [4.78, 5) is 4.05. The van der Waals surface area contributed by atoms with Crippen LogP contribution < -0.4 is 4.72 Å². The Morgan fingerprint density at radius 1 is 1.26 bits per heavy atom. The minimum absolute atomic E-state index is 0.295. The highest BCUT2D eigenvalue weighted by Gasteiger charge is 2.16. The Balaban J connectivity index is 1.68. The molecule has 23 heavy (non-hydrogen) atoms. The largest absolute Gasteiger partial charge is 0.361 e. The number of H-pyrrole nitrogens is 1. The van der Waals surface area contributed by atoms with Crippen molar-refractivity contribution in [2.75, 3.05) is 6.54 Å². The zero-order valence-electron chi connectivity index (χ0n) is 12.6. The van der Waals surface area contributed by atoms with Crippen molar-refractivity contribution in [1.29, 1.82) is 0 Å². The van der Waals surface area contributed by atoms with Gasteiger partial charge in [-0.2, -0.15) is 0 Å². The summed E-state index contributed by atoms with van der Waals surface area (Å²) in [7, 11) is -3.46. The third-order valence-corrected chi connectivity index (χ3v) is 6.85. The van der Waals surface area contributed by atoms with Gasteiger partial charge in [-0.1, -0.05) is 6.92 Å². The first kappa shape index (κ1) is 16.2. The van der Waals surface area contributed by atoms with Crippen molar-refractivity contribution < 1.29 is 12.8 Å². The van der Waals surface area contributed by atoms with Gasteiger partial charge >= 0.3 is 0 Å². The first-order valence-electron chi connectivity index (χ1n) is 7.33. The van der Waals surface area contributed by atoms with Gasteiger partial charge in [0.05, 0.1) is 0 Å². The molecule has 2 heterocycles. The Hall–Kier alpha value is -1.70. The van der Waals surface area contributed by atoms with Crippen molar-refractivity contribution >= 4 is 32.3 Å². The van der Waals surface area contributed by atoms with Crippen LogP contribution in [0.25, 0.3) is 10.9 Å². The van der Waals surface area contributed by atoms with Gasteiger partial charge in [-0.3, -0.25) is 0 Å². The molecule has 0 aliphatic carbocycles. The standard InChI is InChI=1S/C16H17FN2O2S2/c1-2-13-4-6-16(22-13)23(20,21)19-8-7-11-10-18-15-9-12(17)3-5-14(11)15/h3-6,9-10,18-19H,2,7-8H2,1H3. The van der Waals surface area contributed by atoms with Crippen LogP contribution in [0.15, 0.2) is 40.7 Å². The van der Waals surface area contributed by atoms with Gasteiger partial charge in [-0.25, -0.2) is 17.5 Å². The van der Waals surface area contributed by atoms with E-state index >= 15 is 0 Å². The van der Waals surface area contributed by atoms with E-state index < -0.39 is 10.0 Å². The van der Waals surface area contributed by atoms with E-state index in [0.29, 0.717) is 22.7 Å². The number of hydrogen-bond acceptors (Lipinski definition) is 3. The van der Waals surface area contributed by atoms with E-state index in [9.17, 15) is 12.8 Å². The number of aromatic nitrogens is 1. The average molecular weight is 352 g/mol. The van der Waals surface area contributed by atoms with Crippen LogP contribution in [0.5, 0.6) is 0 Å². The number of rotatable bonds is 6. The molecule has 0 spiro atoms. The zero-order chi connectivity index (χ0) is 16.4. The van der Waals surface area contributed by atoms with Crippen molar-refractivity contribution in [2.24, 2.45) is 0 Å². The highest BCUT2D eigenvalue weighted by atomic mass is 32.2. The van der Waals surface area contributed by atoms with Crippen molar-refractivity contribution in [1.82, 2.24) is 9.71 Å². The van der Waals surface area contributed by atoms with Crippen LogP contribution in [0.3, 0.4) is 0 Å². The topological polar surface area (TPSA) is 62.0 Å². The second kappa shape index (κ2) is 6.43. The number of hydrogen-bond donors (Lipinski definition) is 2. The lowest BCUT2D eigenvalue weighted by Crippen LogP contribution is -2.25. The van der Waals surface area contributed by atoms with Crippen LogP contribution in [0.1, 0.15) is 17.4 Å². The summed E-state index contributed by atoms with van der Waals surface area (Å²) in [5, 5.41) is 0.912. The van der Waals surface area contributed by atoms with Crippen LogP contribution in [0, 0.1) is 5.82 Å². The number of nitrogens with one attached hydrogen (secondary N) is 2. The maximum atomic E-state index is 13.2. The van der Waals surface area contributed by atoms with Gasteiger partial charge in [-0.05, 0) is 48.7 Å². The van der Waals surface area contributed by atoms with Gasteiger partial charge in [0.2, 0.25) is 10.0 Å². The van der Waals surface area contributed by atoms with Crippen LogP contribution in [0.2, 0.25) is 0 Å². The van der Waals surface area contributed by atoms with Crippen molar-refractivity contribution in [3.05, 3.63) is 52.8 Å². The number of aryl methyl sites for hydroxylation is 1. The molecular formula is C16H17FN2O2S2. The van der Waals surface area contributed by atoms with E-state index in [4.69, 9.17) is 0 Å². The molecule has 3 aromatic rings. The van der Waals surface area contributed by atoms with Gasteiger partial charge in [0.1, 0.15) is 10.0 Å². The van der Waals surface area contributed by atoms with Crippen LogP contribution in [-0.2, 0) is 22.9 Å². The number of halogens is 1. The maximum absolute atomic E-state index is 13.2. The molecule has 3 rings (SSSR count). The molecule has 0 fully saturated rings. The molecular weight excluding hydrogens is 335 g/mol. The lowest BCUT2D eigenvalue weighted by Gasteiger charge is -2.04. The predicted molar refractivity (Wildman–Crippen MR) is 90.8 cm³/mol. The highest BCUT2D eigenvalue weighted by Crippen LogP contribution is 2.22. The lowest BCUT2D eigenvalue weighted by atomic mass is 10.1. The number of sulfonamides is 1. The normalized spacial score (nSPS) is 12.1. The van der Waals surface area contributed by atoms with Crippen LogP contribution in [-0.4, -0.2) is 19.9 Å². The van der Waals surface area contributed by atoms with Gasteiger partial charge in [-0.15, -0.1) is 11.3 Å². The molecule has 122 valence electrons. The minimum atomic E-state index is -3.46. The summed E-state index contributed by atoms with van der Waals surface area (Å²) in [6, 6.07) is 8.02. The zero-order valence-corrected chi connectivity index (χ0v) is 14.2.